The molecule has 2 amide bonds. The number of methoxy groups -OCH3 is 1. The van der Waals surface area contributed by atoms with Gasteiger partial charge in [-0.05, 0) is 65.4 Å². The normalized spacial score (nSPS) is 11.0. The highest BCUT2D eigenvalue weighted by molar-refractivity contribution is 6.14. The number of para-hydroxylation sites is 3. The molecule has 0 saturated carbocycles. The number of phenols is 1. The van der Waals surface area contributed by atoms with E-state index in [1.807, 2.05) is 30.3 Å². The van der Waals surface area contributed by atoms with E-state index in [1.54, 1.807) is 72.7 Å². The van der Waals surface area contributed by atoms with Crippen LogP contribution in [0.1, 0.15) is 76.9 Å². The van der Waals surface area contributed by atoms with Crippen LogP contribution in [-0.4, -0.2) is 24.0 Å². The molecule has 0 aliphatic rings. The van der Waals surface area contributed by atoms with Gasteiger partial charge in [-0.2, -0.15) is 0 Å². The second-order valence-corrected chi connectivity index (χ2v) is 10.3. The summed E-state index contributed by atoms with van der Waals surface area (Å²) in [6.07, 6.45) is 0. The van der Waals surface area contributed by atoms with E-state index in [1.165, 1.54) is 0 Å². The zero-order valence-corrected chi connectivity index (χ0v) is 23.6. The third-order valence-corrected chi connectivity index (χ3v) is 6.94. The zero-order chi connectivity index (χ0) is 28.8. The Kier molecular flexibility index (Phi) is 8.90. The fourth-order valence-corrected chi connectivity index (χ4v) is 4.75. The Morgan fingerprint density at radius 1 is 0.800 bits per heavy atom. The van der Waals surface area contributed by atoms with Crippen LogP contribution in [0.4, 0.5) is 11.4 Å². The molecule has 40 heavy (non-hydrogen) atoms. The number of ether oxygens (including phenoxy) is 1. The van der Waals surface area contributed by atoms with Gasteiger partial charge in [0.2, 0.25) is 0 Å². The Morgan fingerprint density at radius 2 is 1.40 bits per heavy atom. The Balaban J connectivity index is 1.81. The lowest BCUT2D eigenvalue weighted by atomic mass is 9.91. The number of anilines is 2. The van der Waals surface area contributed by atoms with Crippen molar-refractivity contribution in [2.45, 2.75) is 46.1 Å². The number of nitrogens with zero attached hydrogens (tertiary/aromatic N) is 1. The van der Waals surface area contributed by atoms with Crippen LogP contribution in [0, 0.1) is 0 Å². The van der Waals surface area contributed by atoms with Gasteiger partial charge in [-0.1, -0.05) is 76.2 Å². The highest BCUT2D eigenvalue weighted by Crippen LogP contribution is 2.38. The van der Waals surface area contributed by atoms with Crippen molar-refractivity contribution in [2.75, 3.05) is 17.3 Å². The molecule has 0 saturated heterocycles. The molecular formula is C34H36N2O4. The lowest BCUT2D eigenvalue weighted by molar-refractivity contribution is 0.0985. The average Bonchev–Trinajstić information content (AvgIpc) is 2.96. The summed E-state index contributed by atoms with van der Waals surface area (Å²) in [7, 11) is 1.57. The van der Waals surface area contributed by atoms with Crippen LogP contribution in [-0.2, 0) is 6.54 Å². The molecule has 6 heteroatoms. The van der Waals surface area contributed by atoms with Gasteiger partial charge >= 0.3 is 0 Å². The maximum Gasteiger partial charge on any atom is 0.260 e. The molecule has 0 spiro atoms. The standard InChI is InChI=1S/C34H36N2O4/c1-22(2)27-13-10-14-28(23(3)4)32(27)36(21-25-11-6-9-16-31(25)37)34(39)29-12-7-8-15-30(29)35-33(38)24-17-19-26(40-5)20-18-24/h6-20,22-23,37H,21H2,1-5H3,(H,35,38). The van der Waals surface area contributed by atoms with E-state index in [0.29, 0.717) is 28.1 Å². The van der Waals surface area contributed by atoms with Crippen LogP contribution in [0.5, 0.6) is 11.5 Å². The molecule has 0 fully saturated rings. The molecule has 206 valence electrons. The van der Waals surface area contributed by atoms with Crippen LogP contribution in [0.15, 0.2) is 91.0 Å². The minimum absolute atomic E-state index is 0.120. The van der Waals surface area contributed by atoms with E-state index < -0.39 is 0 Å². The lowest BCUT2D eigenvalue weighted by Crippen LogP contribution is -2.33. The molecule has 0 aliphatic carbocycles. The number of amides is 2. The highest BCUT2D eigenvalue weighted by atomic mass is 16.5. The number of carbonyl (C=O) groups is 2. The summed E-state index contributed by atoms with van der Waals surface area (Å²) in [6, 6.07) is 27.0. The minimum Gasteiger partial charge on any atom is -0.508 e. The number of aromatic hydroxyl groups is 1. The first-order valence-corrected chi connectivity index (χ1v) is 13.5. The minimum atomic E-state index is -0.333. The second-order valence-electron chi connectivity index (χ2n) is 10.3. The number of carbonyl (C=O) groups excluding carboxylic acids is 2. The average molecular weight is 537 g/mol. The SMILES string of the molecule is COc1ccc(C(=O)Nc2ccccc2C(=O)N(Cc2ccccc2O)c2c(C(C)C)cccc2C(C)C)cc1. The topological polar surface area (TPSA) is 78.9 Å². The molecule has 0 heterocycles. The molecule has 6 nitrogen and oxygen atoms in total. The monoisotopic (exact) mass is 536 g/mol. The maximum absolute atomic E-state index is 14.5. The van der Waals surface area contributed by atoms with Crippen molar-refractivity contribution in [3.8, 4) is 11.5 Å². The molecule has 0 bridgehead atoms. The number of rotatable bonds is 9. The van der Waals surface area contributed by atoms with Gasteiger partial charge in [-0.15, -0.1) is 0 Å². The van der Waals surface area contributed by atoms with Crippen molar-refractivity contribution in [3.05, 3.63) is 119 Å². The van der Waals surface area contributed by atoms with E-state index in [0.717, 1.165) is 16.8 Å². The Labute approximate surface area is 236 Å². The lowest BCUT2D eigenvalue weighted by Gasteiger charge is -2.31. The van der Waals surface area contributed by atoms with Gasteiger partial charge in [0.05, 0.1) is 30.6 Å². The third kappa shape index (κ3) is 6.18. The van der Waals surface area contributed by atoms with Gasteiger partial charge in [0.15, 0.2) is 0 Å². The van der Waals surface area contributed by atoms with Crippen molar-refractivity contribution >= 4 is 23.2 Å². The Morgan fingerprint density at radius 3 is 2.00 bits per heavy atom. The molecule has 0 radical (unpaired) electrons. The second kappa shape index (κ2) is 12.5. The van der Waals surface area contributed by atoms with Gasteiger partial charge in [-0.25, -0.2) is 0 Å². The molecule has 4 aromatic carbocycles. The van der Waals surface area contributed by atoms with Crippen LogP contribution >= 0.6 is 0 Å². The van der Waals surface area contributed by atoms with Gasteiger partial charge in [0, 0.05) is 11.1 Å². The summed E-state index contributed by atoms with van der Waals surface area (Å²) in [5, 5.41) is 13.6. The molecule has 0 atom stereocenters. The summed E-state index contributed by atoms with van der Waals surface area (Å²) in [5.74, 6) is 0.465. The number of hydrogen-bond acceptors (Lipinski definition) is 4. The van der Waals surface area contributed by atoms with E-state index >= 15 is 0 Å². The number of nitrogens with one attached hydrogen (secondary N) is 1. The van der Waals surface area contributed by atoms with Gasteiger partial charge < -0.3 is 20.1 Å². The fourth-order valence-electron chi connectivity index (χ4n) is 4.75. The zero-order valence-electron chi connectivity index (χ0n) is 23.6. The summed E-state index contributed by atoms with van der Waals surface area (Å²) in [6.45, 7) is 8.59. The molecule has 2 N–H and O–H groups in total. The van der Waals surface area contributed by atoms with Gasteiger partial charge in [-0.3, -0.25) is 9.59 Å². The van der Waals surface area contributed by atoms with Crippen molar-refractivity contribution in [2.24, 2.45) is 0 Å². The van der Waals surface area contributed by atoms with Crippen LogP contribution in [0.3, 0.4) is 0 Å². The quantitative estimate of drug-likeness (QED) is 0.229. The molecule has 0 aliphatic heterocycles. The van der Waals surface area contributed by atoms with Crippen LogP contribution in [0.2, 0.25) is 0 Å². The van der Waals surface area contributed by atoms with Crippen molar-refractivity contribution in [1.82, 2.24) is 0 Å². The molecule has 4 rings (SSSR count). The maximum atomic E-state index is 14.5. The summed E-state index contributed by atoms with van der Waals surface area (Å²) in [5.41, 5.74) is 4.74. The summed E-state index contributed by atoms with van der Waals surface area (Å²) in [4.78, 5) is 29.4. The molecular weight excluding hydrogens is 500 g/mol. The molecule has 0 aromatic heterocycles. The van der Waals surface area contributed by atoms with Crippen LogP contribution in [0.25, 0.3) is 0 Å². The van der Waals surface area contributed by atoms with E-state index in [2.05, 4.69) is 33.0 Å². The van der Waals surface area contributed by atoms with Crippen molar-refractivity contribution in [1.29, 1.82) is 0 Å². The van der Waals surface area contributed by atoms with E-state index in [-0.39, 0.29) is 35.9 Å². The molecule has 0 unspecified atom stereocenters. The largest absolute Gasteiger partial charge is 0.508 e. The van der Waals surface area contributed by atoms with Gasteiger partial charge in [0.25, 0.3) is 11.8 Å². The first-order chi connectivity index (χ1) is 19.2. The smallest absolute Gasteiger partial charge is 0.260 e. The predicted molar refractivity (Wildman–Crippen MR) is 161 cm³/mol. The number of benzene rings is 4. The number of hydrogen-bond donors (Lipinski definition) is 2. The van der Waals surface area contributed by atoms with Crippen molar-refractivity contribution in [3.63, 3.8) is 0 Å². The first-order valence-electron chi connectivity index (χ1n) is 13.5. The molecule has 4 aromatic rings. The first kappa shape index (κ1) is 28.4. The van der Waals surface area contributed by atoms with Gasteiger partial charge in [0.1, 0.15) is 11.5 Å². The Hall–Kier alpha value is -4.58. The van der Waals surface area contributed by atoms with E-state index in [9.17, 15) is 14.7 Å². The number of phenolic OH excluding ortho intramolecular Hbond substituents is 1. The highest BCUT2D eigenvalue weighted by Gasteiger charge is 2.28. The summed E-state index contributed by atoms with van der Waals surface area (Å²) >= 11 is 0. The third-order valence-electron chi connectivity index (χ3n) is 6.94. The fraction of sp³-hybridized carbons (Fsp3) is 0.235. The van der Waals surface area contributed by atoms with Crippen molar-refractivity contribution < 1.29 is 19.4 Å². The van der Waals surface area contributed by atoms with Crippen LogP contribution < -0.4 is 15.0 Å². The Bertz CT molecular complexity index is 1470. The summed E-state index contributed by atoms with van der Waals surface area (Å²) < 4.78 is 5.20. The van der Waals surface area contributed by atoms with E-state index in [4.69, 9.17) is 4.74 Å². The predicted octanol–water partition coefficient (Wildman–Crippen LogP) is 7.75.